The van der Waals surface area contributed by atoms with E-state index >= 15 is 0 Å². The highest BCUT2D eigenvalue weighted by atomic mass is 16.5. The van der Waals surface area contributed by atoms with Gasteiger partial charge in [-0.1, -0.05) is 31.9 Å². The lowest BCUT2D eigenvalue weighted by atomic mass is 9.75. The highest BCUT2D eigenvalue weighted by molar-refractivity contribution is 5.28. The molecule has 0 spiro atoms. The second-order valence-electron chi connectivity index (χ2n) is 5.74. The van der Waals surface area contributed by atoms with Gasteiger partial charge in [0.05, 0.1) is 13.2 Å². The molecule has 1 aromatic rings. The molecule has 0 aliphatic heterocycles. The number of ether oxygens (including phenoxy) is 2. The van der Waals surface area contributed by atoms with Gasteiger partial charge in [0.15, 0.2) is 0 Å². The van der Waals surface area contributed by atoms with E-state index in [1.165, 1.54) is 31.2 Å². The molecule has 1 aromatic carbocycles. The van der Waals surface area contributed by atoms with Crippen LogP contribution in [0.25, 0.3) is 0 Å². The van der Waals surface area contributed by atoms with E-state index in [1.54, 1.807) is 7.11 Å². The van der Waals surface area contributed by atoms with Gasteiger partial charge in [-0.15, -0.1) is 0 Å². The summed E-state index contributed by atoms with van der Waals surface area (Å²) in [5.41, 5.74) is 1.37. The van der Waals surface area contributed by atoms with Gasteiger partial charge in [0.25, 0.3) is 0 Å². The van der Waals surface area contributed by atoms with E-state index < -0.39 is 0 Å². The Balaban J connectivity index is 1.95. The molecule has 2 rings (SSSR count). The minimum absolute atomic E-state index is 0.453. The van der Waals surface area contributed by atoms with E-state index in [-0.39, 0.29) is 0 Å². The third kappa shape index (κ3) is 3.73. The van der Waals surface area contributed by atoms with Crippen molar-refractivity contribution in [1.82, 2.24) is 0 Å². The number of rotatable bonds is 5. The van der Waals surface area contributed by atoms with E-state index in [1.807, 2.05) is 13.2 Å². The maximum atomic E-state index is 5.68. The van der Waals surface area contributed by atoms with Crippen molar-refractivity contribution in [1.29, 1.82) is 0 Å². The second kappa shape index (κ2) is 6.95. The molecule has 1 aliphatic carbocycles. The van der Waals surface area contributed by atoms with Gasteiger partial charge in [0.2, 0.25) is 0 Å². The lowest BCUT2D eigenvalue weighted by Crippen LogP contribution is -2.32. The molecule has 0 amide bonds. The van der Waals surface area contributed by atoms with E-state index in [9.17, 15) is 0 Å². The predicted molar refractivity (Wildman–Crippen MR) is 78.6 cm³/mol. The molecule has 1 aliphatic rings. The molecular weight excluding hydrogens is 236 g/mol. The number of hydrogen-bond acceptors (Lipinski definition) is 2. The molecule has 3 atom stereocenters. The van der Waals surface area contributed by atoms with Crippen molar-refractivity contribution in [3.8, 4) is 5.75 Å². The van der Waals surface area contributed by atoms with Crippen molar-refractivity contribution >= 4 is 0 Å². The maximum absolute atomic E-state index is 5.68. The molecule has 0 N–H and O–H groups in total. The Bertz CT molecular complexity index is 389. The van der Waals surface area contributed by atoms with E-state index in [0.29, 0.717) is 12.0 Å². The normalized spacial score (nSPS) is 27.2. The minimum atomic E-state index is 0.453. The van der Waals surface area contributed by atoms with Crippen LogP contribution in [0.15, 0.2) is 24.3 Å². The second-order valence-corrected chi connectivity index (χ2v) is 5.74. The van der Waals surface area contributed by atoms with Gasteiger partial charge in [0, 0.05) is 7.11 Å². The summed E-state index contributed by atoms with van der Waals surface area (Å²) in [5, 5.41) is 0. The average molecular weight is 262 g/mol. The predicted octanol–water partition coefficient (Wildman–Crippen LogP) is 4.08. The van der Waals surface area contributed by atoms with Crippen LogP contribution in [0.4, 0.5) is 0 Å². The zero-order chi connectivity index (χ0) is 13.7. The van der Waals surface area contributed by atoms with Crippen LogP contribution in [0.1, 0.15) is 38.2 Å². The van der Waals surface area contributed by atoms with Crippen molar-refractivity contribution < 1.29 is 9.47 Å². The smallest absolute Gasteiger partial charge is 0.119 e. The lowest BCUT2D eigenvalue weighted by Gasteiger charge is -2.35. The summed E-state index contributed by atoms with van der Waals surface area (Å²) in [6, 6.07) is 8.42. The van der Waals surface area contributed by atoms with Gasteiger partial charge in [0.1, 0.15) is 5.75 Å². The fourth-order valence-corrected chi connectivity index (χ4v) is 3.36. The van der Waals surface area contributed by atoms with Gasteiger partial charge >= 0.3 is 0 Å². The van der Waals surface area contributed by atoms with E-state index in [2.05, 4.69) is 25.1 Å². The molecule has 2 nitrogen and oxygen atoms in total. The van der Waals surface area contributed by atoms with Gasteiger partial charge in [-0.05, 0) is 48.8 Å². The fraction of sp³-hybridized carbons (Fsp3) is 0.647. The van der Waals surface area contributed by atoms with Gasteiger partial charge in [-0.3, -0.25) is 0 Å². The van der Waals surface area contributed by atoms with Crippen molar-refractivity contribution in [3.63, 3.8) is 0 Å². The first-order chi connectivity index (χ1) is 9.24. The molecule has 0 aromatic heterocycles. The summed E-state index contributed by atoms with van der Waals surface area (Å²) in [5.74, 6) is 2.44. The fourth-order valence-electron chi connectivity index (χ4n) is 3.36. The molecule has 106 valence electrons. The van der Waals surface area contributed by atoms with Crippen molar-refractivity contribution in [2.75, 3.05) is 14.2 Å². The van der Waals surface area contributed by atoms with Crippen LogP contribution in [-0.4, -0.2) is 20.3 Å². The molecule has 0 heterocycles. The largest absolute Gasteiger partial charge is 0.497 e. The molecule has 2 heteroatoms. The third-order valence-electron chi connectivity index (χ3n) is 4.56. The first kappa shape index (κ1) is 14.4. The molecule has 0 bridgehead atoms. The first-order valence-electron chi connectivity index (χ1n) is 7.40. The Kier molecular flexibility index (Phi) is 5.26. The Morgan fingerprint density at radius 1 is 1.21 bits per heavy atom. The monoisotopic (exact) mass is 262 g/mol. The number of benzene rings is 1. The zero-order valence-electron chi connectivity index (χ0n) is 12.4. The number of methoxy groups -OCH3 is 2. The first-order valence-corrected chi connectivity index (χ1v) is 7.40. The molecule has 1 fully saturated rings. The average Bonchev–Trinajstić information content (AvgIpc) is 2.46. The Labute approximate surface area is 117 Å². The summed E-state index contributed by atoms with van der Waals surface area (Å²) >= 11 is 0. The molecule has 0 radical (unpaired) electrons. The van der Waals surface area contributed by atoms with E-state index in [4.69, 9.17) is 9.47 Å². The summed E-state index contributed by atoms with van der Waals surface area (Å²) in [4.78, 5) is 0. The highest BCUT2D eigenvalue weighted by Crippen LogP contribution is 2.34. The molecular formula is C17H26O2. The summed E-state index contributed by atoms with van der Waals surface area (Å²) < 4.78 is 11.0. The lowest BCUT2D eigenvalue weighted by molar-refractivity contribution is -0.00354. The van der Waals surface area contributed by atoms with Gasteiger partial charge < -0.3 is 9.47 Å². The molecule has 1 saturated carbocycles. The number of aryl methyl sites for hydroxylation is 1. The minimum Gasteiger partial charge on any atom is -0.497 e. The summed E-state index contributed by atoms with van der Waals surface area (Å²) in [6.07, 6.45) is 6.68. The van der Waals surface area contributed by atoms with Crippen LogP contribution in [-0.2, 0) is 11.2 Å². The SMILES string of the molecule is COc1cccc(CCC2C(C)CCCC2OC)c1. The van der Waals surface area contributed by atoms with Crippen LogP contribution in [0.2, 0.25) is 0 Å². The Morgan fingerprint density at radius 3 is 2.79 bits per heavy atom. The Morgan fingerprint density at radius 2 is 2.05 bits per heavy atom. The van der Waals surface area contributed by atoms with Crippen LogP contribution in [0, 0.1) is 11.8 Å². The standard InChI is InChI=1S/C17H26O2/c1-13-6-4-9-17(19-3)16(13)11-10-14-7-5-8-15(12-14)18-2/h5,7-8,12-13,16-17H,4,6,9-11H2,1-3H3. The van der Waals surface area contributed by atoms with E-state index in [0.717, 1.165) is 18.1 Å². The van der Waals surface area contributed by atoms with Crippen molar-refractivity contribution in [2.45, 2.75) is 45.1 Å². The maximum Gasteiger partial charge on any atom is 0.119 e. The molecule has 3 unspecified atom stereocenters. The van der Waals surface area contributed by atoms with Crippen LogP contribution in [0.3, 0.4) is 0 Å². The molecule has 0 saturated heterocycles. The van der Waals surface area contributed by atoms with Gasteiger partial charge in [-0.25, -0.2) is 0 Å². The van der Waals surface area contributed by atoms with Crippen LogP contribution < -0.4 is 4.74 Å². The van der Waals surface area contributed by atoms with Crippen molar-refractivity contribution in [2.24, 2.45) is 11.8 Å². The Hall–Kier alpha value is -1.02. The molecule has 19 heavy (non-hydrogen) atoms. The van der Waals surface area contributed by atoms with Crippen LogP contribution >= 0.6 is 0 Å². The summed E-state index contributed by atoms with van der Waals surface area (Å²) in [6.45, 7) is 2.38. The topological polar surface area (TPSA) is 18.5 Å². The van der Waals surface area contributed by atoms with Gasteiger partial charge in [-0.2, -0.15) is 0 Å². The highest BCUT2D eigenvalue weighted by Gasteiger charge is 2.30. The van der Waals surface area contributed by atoms with Crippen molar-refractivity contribution in [3.05, 3.63) is 29.8 Å². The third-order valence-corrected chi connectivity index (χ3v) is 4.56. The quantitative estimate of drug-likeness (QED) is 0.796. The van der Waals surface area contributed by atoms with Crippen LogP contribution in [0.5, 0.6) is 5.75 Å². The zero-order valence-corrected chi connectivity index (χ0v) is 12.4. The number of hydrogen-bond donors (Lipinski definition) is 0. The summed E-state index contributed by atoms with van der Waals surface area (Å²) in [7, 11) is 3.59.